The van der Waals surface area contributed by atoms with Crippen molar-refractivity contribution in [2.45, 2.75) is 38.6 Å². The number of methoxy groups -OCH3 is 1. The van der Waals surface area contributed by atoms with E-state index in [1.54, 1.807) is 31.4 Å². The lowest BCUT2D eigenvalue weighted by atomic mass is 10.1. The van der Waals surface area contributed by atoms with E-state index in [9.17, 15) is 9.59 Å². The van der Waals surface area contributed by atoms with Crippen LogP contribution < -0.4 is 14.8 Å². The number of ether oxygens (including phenoxy) is 2. The molecule has 0 unspecified atom stereocenters. The third-order valence-electron chi connectivity index (χ3n) is 3.14. The lowest BCUT2D eigenvalue weighted by molar-refractivity contribution is -0.142. The number of carbonyl (C=O) groups is 2. The van der Waals surface area contributed by atoms with Crippen LogP contribution in [0.1, 0.15) is 32.6 Å². The molecule has 0 saturated heterocycles. The van der Waals surface area contributed by atoms with E-state index in [1.165, 1.54) is 0 Å². The molecule has 0 aliphatic rings. The van der Waals surface area contributed by atoms with Crippen LogP contribution in [0.2, 0.25) is 0 Å². The van der Waals surface area contributed by atoms with Crippen molar-refractivity contribution >= 4 is 11.9 Å². The van der Waals surface area contributed by atoms with Gasteiger partial charge in [0.25, 0.3) is 0 Å². The van der Waals surface area contributed by atoms with E-state index in [0.717, 1.165) is 18.6 Å². The van der Waals surface area contributed by atoms with Crippen LogP contribution in [0, 0.1) is 0 Å². The molecule has 0 bridgehead atoms. The number of benzene rings is 1. The van der Waals surface area contributed by atoms with Crippen LogP contribution in [0.4, 0.5) is 0 Å². The lowest BCUT2D eigenvalue weighted by Crippen LogP contribution is -2.41. The largest absolute Gasteiger partial charge is 0.497 e. The van der Waals surface area contributed by atoms with Gasteiger partial charge in [0, 0.05) is 0 Å². The molecule has 1 amide bonds. The van der Waals surface area contributed by atoms with E-state index in [-0.39, 0.29) is 18.9 Å². The summed E-state index contributed by atoms with van der Waals surface area (Å²) in [7, 11) is 1.58. The molecule has 0 aliphatic carbocycles. The van der Waals surface area contributed by atoms with Crippen LogP contribution >= 0.6 is 0 Å². The van der Waals surface area contributed by atoms with Gasteiger partial charge in [-0.15, -0.1) is 0 Å². The van der Waals surface area contributed by atoms with Crippen LogP contribution in [-0.4, -0.2) is 36.7 Å². The second-order valence-corrected chi connectivity index (χ2v) is 4.87. The number of carboxylic acids is 1. The molecule has 0 fully saturated rings. The highest BCUT2D eigenvalue weighted by Gasteiger charge is 2.18. The molecule has 0 radical (unpaired) electrons. The molecule has 0 aromatic heterocycles. The smallest absolute Gasteiger partial charge is 0.326 e. The van der Waals surface area contributed by atoms with E-state index >= 15 is 0 Å². The zero-order valence-electron chi connectivity index (χ0n) is 13.0. The maximum Gasteiger partial charge on any atom is 0.326 e. The topological polar surface area (TPSA) is 84.9 Å². The van der Waals surface area contributed by atoms with Gasteiger partial charge in [-0.1, -0.05) is 19.8 Å². The van der Waals surface area contributed by atoms with Gasteiger partial charge in [0.05, 0.1) is 20.1 Å². The van der Waals surface area contributed by atoms with E-state index in [4.69, 9.17) is 14.6 Å². The van der Waals surface area contributed by atoms with E-state index in [2.05, 4.69) is 5.32 Å². The van der Waals surface area contributed by atoms with Gasteiger partial charge in [-0.05, 0) is 30.7 Å². The number of amides is 1. The molecule has 122 valence electrons. The number of rotatable bonds is 10. The molecule has 6 heteroatoms. The third kappa shape index (κ3) is 6.47. The maximum atomic E-state index is 11.7. The number of hydrogen-bond donors (Lipinski definition) is 2. The predicted molar refractivity (Wildman–Crippen MR) is 82.2 cm³/mol. The molecule has 1 rings (SSSR count). The number of unbranched alkanes of at least 4 members (excludes halogenated alkanes) is 1. The summed E-state index contributed by atoms with van der Waals surface area (Å²) in [5.74, 6) is 0.0366. The minimum Gasteiger partial charge on any atom is -0.497 e. The molecule has 0 saturated carbocycles. The Hall–Kier alpha value is -2.24. The summed E-state index contributed by atoms with van der Waals surface area (Å²) in [4.78, 5) is 22.8. The highest BCUT2D eigenvalue weighted by molar-refractivity contribution is 5.83. The van der Waals surface area contributed by atoms with Gasteiger partial charge in [-0.2, -0.15) is 0 Å². The first kappa shape index (κ1) is 17.8. The van der Waals surface area contributed by atoms with Crippen LogP contribution in [-0.2, 0) is 9.59 Å². The molecule has 2 N–H and O–H groups in total. The molecule has 0 spiro atoms. The molecule has 1 atom stereocenters. The Morgan fingerprint density at radius 1 is 1.23 bits per heavy atom. The Balaban J connectivity index is 2.33. The first-order valence-corrected chi connectivity index (χ1v) is 7.35. The van der Waals surface area contributed by atoms with E-state index in [0.29, 0.717) is 12.2 Å². The van der Waals surface area contributed by atoms with Gasteiger partial charge in [-0.3, -0.25) is 4.79 Å². The molecule has 0 heterocycles. The highest BCUT2D eigenvalue weighted by atomic mass is 16.5. The highest BCUT2D eigenvalue weighted by Crippen LogP contribution is 2.17. The molecule has 6 nitrogen and oxygen atoms in total. The van der Waals surface area contributed by atoms with Gasteiger partial charge in [0.15, 0.2) is 0 Å². The lowest BCUT2D eigenvalue weighted by Gasteiger charge is -2.14. The van der Waals surface area contributed by atoms with Gasteiger partial charge in [-0.25, -0.2) is 4.79 Å². The second kappa shape index (κ2) is 9.65. The molecule has 0 aliphatic heterocycles. The van der Waals surface area contributed by atoms with E-state index in [1.807, 2.05) is 6.92 Å². The zero-order chi connectivity index (χ0) is 16.4. The second-order valence-electron chi connectivity index (χ2n) is 4.87. The van der Waals surface area contributed by atoms with Crippen molar-refractivity contribution in [1.82, 2.24) is 5.32 Å². The summed E-state index contributed by atoms with van der Waals surface area (Å²) in [5, 5.41) is 11.6. The van der Waals surface area contributed by atoms with Gasteiger partial charge >= 0.3 is 5.97 Å². The summed E-state index contributed by atoms with van der Waals surface area (Å²) in [6, 6.07) is 6.20. The first-order chi connectivity index (χ1) is 10.6. The molecule has 22 heavy (non-hydrogen) atoms. The minimum absolute atomic E-state index is 0.113. The Morgan fingerprint density at radius 3 is 2.41 bits per heavy atom. The quantitative estimate of drug-likeness (QED) is 0.692. The average Bonchev–Trinajstić information content (AvgIpc) is 2.51. The predicted octanol–water partition coefficient (Wildman–Crippen LogP) is 2.22. The molecule has 1 aromatic rings. The molecule has 1 aromatic carbocycles. The monoisotopic (exact) mass is 309 g/mol. The fraction of sp³-hybridized carbons (Fsp3) is 0.500. The number of carboxylic acid groups (broad SMARTS) is 1. The summed E-state index contributed by atoms with van der Waals surface area (Å²) >= 11 is 0. The number of carbonyl (C=O) groups excluding carboxylic acids is 1. The van der Waals surface area contributed by atoms with Crippen molar-refractivity contribution < 1.29 is 24.2 Å². The van der Waals surface area contributed by atoms with Gasteiger partial charge < -0.3 is 19.9 Å². The fourth-order valence-corrected chi connectivity index (χ4v) is 1.87. The van der Waals surface area contributed by atoms with E-state index < -0.39 is 12.0 Å². The molecular formula is C16H23NO5. The summed E-state index contributed by atoms with van der Waals surface area (Å²) in [6.45, 7) is 2.17. The van der Waals surface area contributed by atoms with Crippen molar-refractivity contribution in [1.29, 1.82) is 0 Å². The Bertz CT molecular complexity index is 472. The van der Waals surface area contributed by atoms with Crippen LogP contribution in [0.5, 0.6) is 11.5 Å². The SMILES string of the molecule is CCCC[C@H](NC(=O)CCOc1ccc(OC)cc1)C(=O)O. The zero-order valence-corrected chi connectivity index (χ0v) is 13.0. The van der Waals surface area contributed by atoms with Crippen molar-refractivity contribution in [3.8, 4) is 11.5 Å². The Morgan fingerprint density at radius 2 is 1.86 bits per heavy atom. The Labute approximate surface area is 130 Å². The van der Waals surface area contributed by atoms with Crippen LogP contribution in [0.25, 0.3) is 0 Å². The molecular weight excluding hydrogens is 286 g/mol. The van der Waals surface area contributed by atoms with Crippen LogP contribution in [0.15, 0.2) is 24.3 Å². The minimum atomic E-state index is -1.00. The number of nitrogens with one attached hydrogen (secondary N) is 1. The standard InChI is InChI=1S/C16H23NO5/c1-3-4-5-14(16(19)20)17-15(18)10-11-22-13-8-6-12(21-2)7-9-13/h6-9,14H,3-5,10-11H2,1-2H3,(H,17,18)(H,19,20)/t14-/m0/s1. The normalized spacial score (nSPS) is 11.5. The number of aliphatic carboxylic acids is 1. The van der Waals surface area contributed by atoms with Crippen molar-refractivity contribution in [3.63, 3.8) is 0 Å². The first-order valence-electron chi connectivity index (χ1n) is 7.35. The summed E-state index contributed by atoms with van der Waals surface area (Å²) in [6.07, 6.45) is 2.21. The fourth-order valence-electron chi connectivity index (χ4n) is 1.87. The van der Waals surface area contributed by atoms with Crippen molar-refractivity contribution in [2.24, 2.45) is 0 Å². The summed E-state index contributed by atoms with van der Waals surface area (Å²) in [5.41, 5.74) is 0. The van der Waals surface area contributed by atoms with Gasteiger partial charge in [0.1, 0.15) is 17.5 Å². The van der Waals surface area contributed by atoms with Crippen molar-refractivity contribution in [2.75, 3.05) is 13.7 Å². The average molecular weight is 309 g/mol. The number of hydrogen-bond acceptors (Lipinski definition) is 4. The third-order valence-corrected chi connectivity index (χ3v) is 3.14. The summed E-state index contributed by atoms with van der Waals surface area (Å²) < 4.78 is 10.5. The Kier molecular flexibility index (Phi) is 7.81. The van der Waals surface area contributed by atoms with Crippen LogP contribution in [0.3, 0.4) is 0 Å². The van der Waals surface area contributed by atoms with Gasteiger partial charge in [0.2, 0.25) is 5.91 Å². The maximum absolute atomic E-state index is 11.7. The van der Waals surface area contributed by atoms with Crippen molar-refractivity contribution in [3.05, 3.63) is 24.3 Å².